The highest BCUT2D eigenvalue weighted by molar-refractivity contribution is 6.29. The zero-order valence-corrected chi connectivity index (χ0v) is 10.3. The molecule has 5 nitrogen and oxygen atoms in total. The average Bonchev–Trinajstić information content (AvgIpc) is 2.43. The number of fused-ring (bicyclic) bond motifs is 2. The van der Waals surface area contributed by atoms with Crippen molar-refractivity contribution >= 4 is 11.6 Å². The number of phenolic OH excluding ortho intramolecular Hbond substituents is 2. The Hall–Kier alpha value is -2.66. The molecule has 3 N–H and O–H groups in total. The van der Waals surface area contributed by atoms with Crippen molar-refractivity contribution in [1.82, 2.24) is 0 Å². The second-order valence-electron chi connectivity index (χ2n) is 4.54. The summed E-state index contributed by atoms with van der Waals surface area (Å²) in [6, 6.07) is 6.67. The Bertz CT molecular complexity index is 761. The number of hydrogen-bond acceptors (Lipinski definition) is 5. The first kappa shape index (κ1) is 12.4. The number of aliphatic hydroxyl groups excluding tert-OH is 1. The van der Waals surface area contributed by atoms with Gasteiger partial charge in [-0.25, -0.2) is 0 Å². The molecule has 0 bridgehead atoms. The number of aliphatic hydroxyl groups is 1. The standard InChI is InChI=1S/C15H10O5/c16-6-7-4-8(17)5-10-12(7)15(20)13-9(14(10)19)2-1-3-11(13)18/h1-5,16-18H,6H2. The summed E-state index contributed by atoms with van der Waals surface area (Å²) in [5.74, 6) is -1.46. The Morgan fingerprint density at radius 2 is 1.65 bits per heavy atom. The molecule has 5 heteroatoms. The summed E-state index contributed by atoms with van der Waals surface area (Å²) in [5, 5.41) is 28.7. The van der Waals surface area contributed by atoms with Crippen molar-refractivity contribution in [3.8, 4) is 11.5 Å². The molecule has 0 aromatic heterocycles. The van der Waals surface area contributed by atoms with Gasteiger partial charge >= 0.3 is 0 Å². The minimum atomic E-state index is -0.531. The predicted molar refractivity (Wildman–Crippen MR) is 69.0 cm³/mol. The van der Waals surface area contributed by atoms with Crippen molar-refractivity contribution in [3.63, 3.8) is 0 Å². The Morgan fingerprint density at radius 1 is 0.900 bits per heavy atom. The summed E-state index contributed by atoms with van der Waals surface area (Å²) in [7, 11) is 0. The fourth-order valence-electron chi connectivity index (χ4n) is 2.50. The van der Waals surface area contributed by atoms with Crippen molar-refractivity contribution in [2.45, 2.75) is 6.61 Å². The van der Waals surface area contributed by atoms with Gasteiger partial charge in [0.25, 0.3) is 0 Å². The lowest BCUT2D eigenvalue weighted by Gasteiger charge is -2.20. The van der Waals surface area contributed by atoms with Gasteiger partial charge in [0.1, 0.15) is 11.5 Å². The number of carbonyl (C=O) groups is 2. The molecule has 0 aliphatic heterocycles. The van der Waals surface area contributed by atoms with Gasteiger partial charge in [-0.05, 0) is 23.8 Å². The fraction of sp³-hybridized carbons (Fsp3) is 0.0667. The van der Waals surface area contributed by atoms with Crippen LogP contribution in [0.1, 0.15) is 37.4 Å². The van der Waals surface area contributed by atoms with E-state index in [2.05, 4.69) is 0 Å². The maximum Gasteiger partial charge on any atom is 0.198 e. The van der Waals surface area contributed by atoms with E-state index in [-0.39, 0.29) is 39.3 Å². The molecular formula is C15H10O5. The van der Waals surface area contributed by atoms with Crippen LogP contribution in [0.2, 0.25) is 0 Å². The van der Waals surface area contributed by atoms with Crippen LogP contribution in [0.3, 0.4) is 0 Å². The highest BCUT2D eigenvalue weighted by Gasteiger charge is 2.33. The zero-order valence-electron chi connectivity index (χ0n) is 10.3. The summed E-state index contributed by atoms with van der Waals surface area (Å²) in [6.45, 7) is -0.487. The number of carbonyl (C=O) groups excluding carboxylic acids is 2. The number of rotatable bonds is 1. The van der Waals surface area contributed by atoms with Crippen molar-refractivity contribution in [2.75, 3.05) is 0 Å². The molecule has 0 heterocycles. The van der Waals surface area contributed by atoms with E-state index in [0.29, 0.717) is 0 Å². The third-order valence-corrected chi connectivity index (χ3v) is 3.36. The highest BCUT2D eigenvalue weighted by Crippen LogP contribution is 2.35. The van der Waals surface area contributed by atoms with Crippen molar-refractivity contribution in [3.05, 3.63) is 58.1 Å². The molecule has 3 rings (SSSR count). The molecule has 0 fully saturated rings. The molecule has 1 aliphatic carbocycles. The van der Waals surface area contributed by atoms with Crippen LogP contribution in [0.5, 0.6) is 11.5 Å². The predicted octanol–water partition coefficient (Wildman–Crippen LogP) is 1.37. The van der Waals surface area contributed by atoms with E-state index in [0.717, 1.165) is 0 Å². The molecule has 0 spiro atoms. The van der Waals surface area contributed by atoms with Gasteiger partial charge in [-0.3, -0.25) is 9.59 Å². The maximum absolute atomic E-state index is 12.5. The lowest BCUT2D eigenvalue weighted by atomic mass is 9.81. The molecule has 0 atom stereocenters. The maximum atomic E-state index is 12.5. The van der Waals surface area contributed by atoms with Gasteiger partial charge in [0.15, 0.2) is 11.6 Å². The minimum absolute atomic E-state index is 0.0318. The molecule has 20 heavy (non-hydrogen) atoms. The Labute approximate surface area is 113 Å². The van der Waals surface area contributed by atoms with E-state index in [4.69, 9.17) is 0 Å². The van der Waals surface area contributed by atoms with Crippen molar-refractivity contribution in [1.29, 1.82) is 0 Å². The summed E-state index contributed by atoms with van der Waals surface area (Å²) >= 11 is 0. The van der Waals surface area contributed by atoms with Crippen LogP contribution < -0.4 is 0 Å². The summed E-state index contributed by atoms with van der Waals surface area (Å²) in [5.41, 5.74) is 0.260. The Balaban J connectivity index is 2.38. The quantitative estimate of drug-likeness (QED) is 0.620. The fourth-order valence-corrected chi connectivity index (χ4v) is 2.50. The zero-order chi connectivity index (χ0) is 14.4. The third-order valence-electron chi connectivity index (χ3n) is 3.36. The van der Waals surface area contributed by atoms with Crippen LogP contribution in [0.4, 0.5) is 0 Å². The number of benzene rings is 2. The summed E-state index contributed by atoms with van der Waals surface area (Å²) in [6.07, 6.45) is 0. The largest absolute Gasteiger partial charge is 0.508 e. The number of hydrogen-bond donors (Lipinski definition) is 3. The van der Waals surface area contributed by atoms with Crippen LogP contribution >= 0.6 is 0 Å². The normalized spacial score (nSPS) is 13.1. The Morgan fingerprint density at radius 3 is 2.35 bits per heavy atom. The van der Waals surface area contributed by atoms with Gasteiger partial charge in [0.2, 0.25) is 0 Å². The second kappa shape index (κ2) is 4.18. The first-order valence-corrected chi connectivity index (χ1v) is 5.92. The second-order valence-corrected chi connectivity index (χ2v) is 4.54. The molecule has 0 unspecified atom stereocenters. The molecule has 0 saturated carbocycles. The third kappa shape index (κ3) is 1.53. The number of ketones is 2. The minimum Gasteiger partial charge on any atom is -0.508 e. The summed E-state index contributed by atoms with van der Waals surface area (Å²) < 4.78 is 0. The number of phenols is 2. The molecule has 100 valence electrons. The molecule has 0 radical (unpaired) electrons. The van der Waals surface area contributed by atoms with E-state index in [9.17, 15) is 24.9 Å². The van der Waals surface area contributed by atoms with Crippen molar-refractivity contribution in [2.24, 2.45) is 0 Å². The molecular weight excluding hydrogens is 260 g/mol. The van der Waals surface area contributed by atoms with Gasteiger partial charge < -0.3 is 15.3 Å². The van der Waals surface area contributed by atoms with Gasteiger partial charge in [0.05, 0.1) is 12.2 Å². The van der Waals surface area contributed by atoms with Crippen LogP contribution in [-0.4, -0.2) is 26.9 Å². The first-order chi connectivity index (χ1) is 9.54. The first-order valence-electron chi connectivity index (χ1n) is 5.92. The molecule has 0 saturated heterocycles. The van der Waals surface area contributed by atoms with E-state index in [1.54, 1.807) is 0 Å². The number of aromatic hydroxyl groups is 2. The molecule has 2 aromatic rings. The van der Waals surface area contributed by atoms with Crippen LogP contribution in [-0.2, 0) is 6.61 Å². The highest BCUT2D eigenvalue weighted by atomic mass is 16.3. The van der Waals surface area contributed by atoms with Crippen LogP contribution in [0.25, 0.3) is 0 Å². The molecule has 0 amide bonds. The Kier molecular flexibility index (Phi) is 2.59. The smallest absolute Gasteiger partial charge is 0.198 e. The van der Waals surface area contributed by atoms with Crippen LogP contribution in [0.15, 0.2) is 30.3 Å². The van der Waals surface area contributed by atoms with Gasteiger partial charge in [-0.2, -0.15) is 0 Å². The van der Waals surface area contributed by atoms with Crippen LogP contribution in [0, 0.1) is 0 Å². The lowest BCUT2D eigenvalue weighted by Crippen LogP contribution is -2.22. The summed E-state index contributed by atoms with van der Waals surface area (Å²) in [4.78, 5) is 24.8. The average molecular weight is 270 g/mol. The van der Waals surface area contributed by atoms with E-state index >= 15 is 0 Å². The van der Waals surface area contributed by atoms with E-state index < -0.39 is 18.2 Å². The van der Waals surface area contributed by atoms with E-state index in [1.807, 2.05) is 0 Å². The van der Waals surface area contributed by atoms with Crippen molar-refractivity contribution < 1.29 is 24.9 Å². The molecule has 1 aliphatic rings. The topological polar surface area (TPSA) is 94.8 Å². The molecule has 2 aromatic carbocycles. The van der Waals surface area contributed by atoms with E-state index in [1.165, 1.54) is 30.3 Å². The monoisotopic (exact) mass is 270 g/mol. The van der Waals surface area contributed by atoms with Gasteiger partial charge in [0, 0.05) is 16.7 Å². The van der Waals surface area contributed by atoms with Gasteiger partial charge in [-0.15, -0.1) is 0 Å². The van der Waals surface area contributed by atoms with Gasteiger partial charge in [-0.1, -0.05) is 12.1 Å². The lowest BCUT2D eigenvalue weighted by molar-refractivity contribution is 0.0974. The SMILES string of the molecule is O=C1c2cccc(O)c2C(=O)c2c(CO)cc(O)cc21.